The Morgan fingerprint density at radius 2 is 1.76 bits per heavy atom. The Morgan fingerprint density at radius 1 is 1.03 bits per heavy atom. The quantitative estimate of drug-likeness (QED) is 0.159. The summed E-state index contributed by atoms with van der Waals surface area (Å²) in [7, 11) is 0. The van der Waals surface area contributed by atoms with E-state index in [1.165, 1.54) is 0 Å². The molecule has 3 rings (SSSR count). The van der Waals surface area contributed by atoms with Crippen molar-refractivity contribution in [2.45, 2.75) is 83.5 Å². The second-order valence-corrected chi connectivity index (χ2v) is 10.3. The lowest BCUT2D eigenvalue weighted by atomic mass is 9.93. The first-order chi connectivity index (χ1) is 17.7. The molecule has 2 aromatic rings. The largest absolute Gasteiger partial charge is 0.446 e. The highest BCUT2D eigenvalue weighted by atomic mass is 16.6. The molecule has 0 spiro atoms. The van der Waals surface area contributed by atoms with Gasteiger partial charge in [-0.2, -0.15) is 0 Å². The molecule has 0 atom stereocenters. The van der Waals surface area contributed by atoms with Crippen LogP contribution in [0.15, 0.2) is 53.6 Å². The minimum absolute atomic E-state index is 0.0120. The Labute approximate surface area is 218 Å². The molecule has 2 amide bonds. The smallest absolute Gasteiger partial charge is 0.411 e. The molecular formula is C28H37N5O4. The highest BCUT2D eigenvalue weighted by Crippen LogP contribution is 2.30. The SMILES string of the molecule is CC(C)(C)OC(=O)NC1CCC(OC(=O)Nc2cc(CCCCN=[N+]=[N-])ccc2-c2ccccc2)CC1. The van der Waals surface area contributed by atoms with Crippen LogP contribution in [0.5, 0.6) is 0 Å². The van der Waals surface area contributed by atoms with Crippen molar-refractivity contribution in [2.75, 3.05) is 11.9 Å². The van der Waals surface area contributed by atoms with E-state index in [1.807, 2.05) is 63.2 Å². The summed E-state index contributed by atoms with van der Waals surface area (Å²) in [5.41, 5.74) is 11.6. The van der Waals surface area contributed by atoms with Gasteiger partial charge in [0.25, 0.3) is 0 Å². The van der Waals surface area contributed by atoms with Crippen molar-refractivity contribution in [3.63, 3.8) is 0 Å². The first kappa shape index (κ1) is 27.9. The number of ether oxygens (including phenoxy) is 2. The molecule has 37 heavy (non-hydrogen) atoms. The average molecular weight is 508 g/mol. The van der Waals surface area contributed by atoms with Crippen LogP contribution in [0.4, 0.5) is 15.3 Å². The zero-order valence-electron chi connectivity index (χ0n) is 21.9. The fourth-order valence-electron chi connectivity index (χ4n) is 4.37. The summed E-state index contributed by atoms with van der Waals surface area (Å²) in [6.07, 6.45) is 4.18. The van der Waals surface area contributed by atoms with E-state index in [-0.39, 0.29) is 12.1 Å². The number of benzene rings is 2. The van der Waals surface area contributed by atoms with E-state index < -0.39 is 17.8 Å². The van der Waals surface area contributed by atoms with Crippen LogP contribution in [-0.2, 0) is 15.9 Å². The maximum Gasteiger partial charge on any atom is 0.411 e. The Hall–Kier alpha value is -3.71. The topological polar surface area (TPSA) is 125 Å². The predicted octanol–water partition coefficient (Wildman–Crippen LogP) is 7.37. The molecule has 0 bridgehead atoms. The standard InChI is InChI=1S/C28H37N5O4/c1-28(2,3)37-27(35)31-22-13-15-23(16-14-22)36-26(34)32-25-19-20(9-7-8-18-30-33-29)12-17-24(25)21-10-5-4-6-11-21/h4-6,10-12,17,19,22-23H,7-9,13-16,18H2,1-3H3,(H,31,35)(H,32,34). The van der Waals surface area contributed by atoms with Crippen LogP contribution >= 0.6 is 0 Å². The van der Waals surface area contributed by atoms with Crippen molar-refractivity contribution in [1.82, 2.24) is 5.32 Å². The lowest BCUT2D eigenvalue weighted by Crippen LogP contribution is -2.42. The number of aryl methyl sites for hydroxylation is 1. The van der Waals surface area contributed by atoms with Gasteiger partial charge in [0.1, 0.15) is 11.7 Å². The minimum atomic E-state index is -0.537. The molecule has 0 radical (unpaired) electrons. The molecular weight excluding hydrogens is 470 g/mol. The lowest BCUT2D eigenvalue weighted by Gasteiger charge is -2.30. The summed E-state index contributed by atoms with van der Waals surface area (Å²) in [6.45, 7) is 5.98. The van der Waals surface area contributed by atoms with Crippen LogP contribution < -0.4 is 10.6 Å². The van der Waals surface area contributed by atoms with E-state index in [1.54, 1.807) is 0 Å². The first-order valence-corrected chi connectivity index (χ1v) is 12.9. The molecule has 9 nitrogen and oxygen atoms in total. The van der Waals surface area contributed by atoms with E-state index in [0.717, 1.165) is 48.8 Å². The second-order valence-electron chi connectivity index (χ2n) is 10.3. The second kappa shape index (κ2) is 13.6. The number of anilines is 1. The number of hydrogen-bond donors (Lipinski definition) is 2. The van der Waals surface area contributed by atoms with Crippen molar-refractivity contribution in [1.29, 1.82) is 0 Å². The van der Waals surface area contributed by atoms with Gasteiger partial charge in [0.15, 0.2) is 0 Å². The van der Waals surface area contributed by atoms with Crippen LogP contribution in [0, 0.1) is 0 Å². The molecule has 0 heterocycles. The van der Waals surface area contributed by atoms with Crippen molar-refractivity contribution in [3.8, 4) is 11.1 Å². The summed E-state index contributed by atoms with van der Waals surface area (Å²) in [5.74, 6) is 0. The predicted molar refractivity (Wildman–Crippen MR) is 144 cm³/mol. The zero-order chi connectivity index (χ0) is 26.7. The Balaban J connectivity index is 1.58. The van der Waals surface area contributed by atoms with Gasteiger partial charge in [0, 0.05) is 23.1 Å². The number of carbonyl (C=O) groups excluding carboxylic acids is 2. The van der Waals surface area contributed by atoms with Crippen molar-refractivity contribution >= 4 is 17.9 Å². The third-order valence-corrected chi connectivity index (χ3v) is 6.11. The summed E-state index contributed by atoms with van der Waals surface area (Å²) < 4.78 is 11.1. The molecule has 1 fully saturated rings. The van der Waals surface area contributed by atoms with Crippen LogP contribution in [0.2, 0.25) is 0 Å². The van der Waals surface area contributed by atoms with Gasteiger partial charge in [-0.25, -0.2) is 9.59 Å². The number of alkyl carbamates (subject to hydrolysis) is 1. The molecule has 9 heteroatoms. The molecule has 0 saturated heterocycles. The summed E-state index contributed by atoms with van der Waals surface area (Å²) >= 11 is 0. The molecule has 0 aliphatic heterocycles. The van der Waals surface area contributed by atoms with Crippen molar-refractivity contribution < 1.29 is 19.1 Å². The van der Waals surface area contributed by atoms with Gasteiger partial charge in [-0.3, -0.25) is 5.32 Å². The highest BCUT2D eigenvalue weighted by molar-refractivity contribution is 5.91. The van der Waals surface area contributed by atoms with Crippen molar-refractivity contribution in [2.24, 2.45) is 5.11 Å². The molecule has 1 saturated carbocycles. The van der Waals surface area contributed by atoms with Gasteiger partial charge < -0.3 is 14.8 Å². The number of rotatable bonds is 9. The average Bonchev–Trinajstić information content (AvgIpc) is 2.84. The van der Waals surface area contributed by atoms with Crippen LogP contribution in [0.25, 0.3) is 21.6 Å². The fraction of sp³-hybridized carbons (Fsp3) is 0.500. The summed E-state index contributed by atoms with van der Waals surface area (Å²) in [5, 5.41) is 9.45. The van der Waals surface area contributed by atoms with Crippen molar-refractivity contribution in [3.05, 3.63) is 64.5 Å². The molecule has 0 aromatic heterocycles. The normalized spacial score (nSPS) is 17.3. The Bertz CT molecular complexity index is 1090. The van der Waals surface area contributed by atoms with E-state index in [9.17, 15) is 9.59 Å². The summed E-state index contributed by atoms with van der Waals surface area (Å²) in [6, 6.07) is 16.0. The maximum absolute atomic E-state index is 12.9. The number of hydrogen-bond acceptors (Lipinski definition) is 5. The minimum Gasteiger partial charge on any atom is -0.446 e. The molecule has 1 aliphatic rings. The molecule has 1 aliphatic carbocycles. The van der Waals surface area contributed by atoms with Crippen LogP contribution in [-0.4, -0.2) is 36.5 Å². The van der Waals surface area contributed by atoms with E-state index >= 15 is 0 Å². The van der Waals surface area contributed by atoms with Crippen LogP contribution in [0.1, 0.15) is 64.9 Å². The molecule has 2 N–H and O–H groups in total. The van der Waals surface area contributed by atoms with Gasteiger partial charge in [-0.15, -0.1) is 0 Å². The Kier molecular flexibility index (Phi) is 10.2. The lowest BCUT2D eigenvalue weighted by molar-refractivity contribution is 0.0440. The summed E-state index contributed by atoms with van der Waals surface area (Å²) in [4.78, 5) is 27.7. The zero-order valence-corrected chi connectivity index (χ0v) is 21.9. The number of azide groups is 1. The van der Waals surface area contributed by atoms with Gasteiger partial charge in [-0.1, -0.05) is 47.6 Å². The number of amides is 2. The van der Waals surface area contributed by atoms with E-state index in [2.05, 4.69) is 26.7 Å². The van der Waals surface area contributed by atoms with E-state index in [0.29, 0.717) is 25.1 Å². The fourth-order valence-corrected chi connectivity index (χ4v) is 4.37. The molecule has 198 valence electrons. The van der Waals surface area contributed by atoms with Crippen LogP contribution in [0.3, 0.4) is 0 Å². The molecule has 0 unspecified atom stereocenters. The van der Waals surface area contributed by atoms with Gasteiger partial charge in [-0.05, 0) is 88.4 Å². The highest BCUT2D eigenvalue weighted by Gasteiger charge is 2.27. The third-order valence-electron chi connectivity index (χ3n) is 6.11. The number of unbranched alkanes of at least 4 members (excludes halogenated alkanes) is 1. The third kappa shape index (κ3) is 9.69. The first-order valence-electron chi connectivity index (χ1n) is 12.9. The molecule has 2 aromatic carbocycles. The monoisotopic (exact) mass is 507 g/mol. The van der Waals surface area contributed by atoms with Gasteiger partial charge in [0.05, 0.1) is 5.69 Å². The number of carbonyl (C=O) groups is 2. The van der Waals surface area contributed by atoms with Gasteiger partial charge in [0.2, 0.25) is 0 Å². The number of nitrogens with one attached hydrogen (secondary N) is 2. The van der Waals surface area contributed by atoms with Gasteiger partial charge >= 0.3 is 12.2 Å². The Morgan fingerprint density at radius 3 is 2.43 bits per heavy atom. The maximum atomic E-state index is 12.9. The number of nitrogens with zero attached hydrogens (tertiary/aromatic N) is 3. The van der Waals surface area contributed by atoms with E-state index in [4.69, 9.17) is 15.0 Å².